The molecule has 0 aliphatic heterocycles. The van der Waals surface area contributed by atoms with Crippen LogP contribution in [-0.2, 0) is 0 Å². The number of ether oxygens (including phenoxy) is 2. The maximum atomic E-state index is 11.5. The number of hydrogen-bond acceptors (Lipinski definition) is 5. The molecule has 1 aromatic heterocycles. The summed E-state index contributed by atoms with van der Waals surface area (Å²) >= 11 is 0. The van der Waals surface area contributed by atoms with E-state index in [0.717, 1.165) is 5.56 Å². The van der Waals surface area contributed by atoms with Crippen LogP contribution in [-0.4, -0.2) is 24.7 Å². The number of rotatable bonds is 7. The van der Waals surface area contributed by atoms with Crippen molar-refractivity contribution in [2.45, 2.75) is 13.8 Å². The van der Waals surface area contributed by atoms with Crippen molar-refractivity contribution in [1.29, 1.82) is 0 Å². The fourth-order valence-corrected chi connectivity index (χ4v) is 2.80. The molecular weight excluding hydrogens is 354 g/mol. The second-order valence-electron chi connectivity index (χ2n) is 6.85. The van der Waals surface area contributed by atoms with Crippen LogP contribution in [0.25, 0.3) is 23.1 Å². The fourth-order valence-electron chi connectivity index (χ4n) is 2.80. The molecule has 2 aromatic carbocycles. The highest BCUT2D eigenvalue weighted by molar-refractivity contribution is 6.02. The van der Waals surface area contributed by atoms with Gasteiger partial charge in [-0.15, -0.1) is 0 Å². The largest absolute Gasteiger partial charge is 0.545 e. The summed E-state index contributed by atoms with van der Waals surface area (Å²) in [5.74, 6) is 0.511. The van der Waals surface area contributed by atoms with Crippen molar-refractivity contribution in [2.75, 3.05) is 13.7 Å². The lowest BCUT2D eigenvalue weighted by Gasteiger charge is -2.13. The Hall–Kier alpha value is -3.34. The molecule has 0 aliphatic rings. The fraction of sp³-hybridized carbons (Fsp3) is 0.217. The molecular formula is C23H22NO4-. The normalized spacial score (nSPS) is 11.3. The van der Waals surface area contributed by atoms with Crippen LogP contribution >= 0.6 is 0 Å². The molecule has 3 rings (SSSR count). The predicted molar refractivity (Wildman–Crippen MR) is 108 cm³/mol. The molecule has 0 fully saturated rings. The summed E-state index contributed by atoms with van der Waals surface area (Å²) in [7, 11) is 1.60. The van der Waals surface area contributed by atoms with E-state index >= 15 is 0 Å². The first kappa shape index (κ1) is 19.4. The first-order valence-corrected chi connectivity index (χ1v) is 9.08. The minimum Gasteiger partial charge on any atom is -0.545 e. The Kier molecular flexibility index (Phi) is 5.94. The van der Waals surface area contributed by atoms with E-state index in [1.165, 1.54) is 6.07 Å². The lowest BCUT2D eigenvalue weighted by atomic mass is 10.1. The number of para-hydroxylation sites is 1. The molecule has 28 heavy (non-hydrogen) atoms. The maximum Gasteiger partial charge on any atom is 0.161 e. The summed E-state index contributed by atoms with van der Waals surface area (Å²) in [5, 5.41) is 12.1. The van der Waals surface area contributed by atoms with E-state index in [0.29, 0.717) is 40.6 Å². The van der Waals surface area contributed by atoms with Crippen molar-refractivity contribution >= 4 is 29.0 Å². The van der Waals surface area contributed by atoms with Gasteiger partial charge in [-0.25, -0.2) is 4.98 Å². The number of hydrogen-bond donors (Lipinski definition) is 0. The quantitative estimate of drug-likeness (QED) is 0.627. The van der Waals surface area contributed by atoms with Gasteiger partial charge in [0.05, 0.1) is 30.9 Å². The topological polar surface area (TPSA) is 71.5 Å². The third kappa shape index (κ3) is 4.49. The minimum atomic E-state index is -1.22. The van der Waals surface area contributed by atoms with Crippen molar-refractivity contribution < 1.29 is 19.4 Å². The van der Waals surface area contributed by atoms with Crippen LogP contribution in [0.3, 0.4) is 0 Å². The number of methoxy groups -OCH3 is 1. The SMILES string of the molecule is COc1ccc(/C=C/c2cc(C(=O)[O-])c3ccccc3n2)cc1OCC(C)C. The van der Waals surface area contributed by atoms with Crippen molar-refractivity contribution in [3.8, 4) is 11.5 Å². The number of nitrogens with zero attached hydrogens (tertiary/aromatic N) is 1. The number of carbonyl (C=O) groups excluding carboxylic acids is 1. The maximum absolute atomic E-state index is 11.5. The third-order valence-electron chi connectivity index (χ3n) is 4.16. The smallest absolute Gasteiger partial charge is 0.161 e. The molecule has 3 aromatic rings. The van der Waals surface area contributed by atoms with Gasteiger partial charge < -0.3 is 19.4 Å². The molecule has 1 heterocycles. The van der Waals surface area contributed by atoms with Gasteiger partial charge in [-0.3, -0.25) is 0 Å². The van der Waals surface area contributed by atoms with Crippen LogP contribution in [0.4, 0.5) is 0 Å². The number of pyridine rings is 1. The van der Waals surface area contributed by atoms with Crippen LogP contribution in [0.15, 0.2) is 48.5 Å². The van der Waals surface area contributed by atoms with Gasteiger partial charge in [0, 0.05) is 10.9 Å². The van der Waals surface area contributed by atoms with Gasteiger partial charge in [0.1, 0.15) is 0 Å². The van der Waals surface area contributed by atoms with Gasteiger partial charge in [-0.2, -0.15) is 0 Å². The average Bonchev–Trinajstić information content (AvgIpc) is 2.69. The van der Waals surface area contributed by atoms with E-state index in [4.69, 9.17) is 9.47 Å². The molecule has 0 atom stereocenters. The van der Waals surface area contributed by atoms with E-state index in [-0.39, 0.29) is 5.56 Å². The van der Waals surface area contributed by atoms with Gasteiger partial charge in [-0.05, 0) is 41.8 Å². The summed E-state index contributed by atoms with van der Waals surface area (Å²) in [5.41, 5.74) is 2.17. The number of aromatic carboxylic acids is 1. The average molecular weight is 376 g/mol. The predicted octanol–water partition coefficient (Wildman–Crippen LogP) is 3.81. The molecule has 0 aliphatic carbocycles. The molecule has 0 unspecified atom stereocenters. The Balaban J connectivity index is 1.93. The lowest BCUT2D eigenvalue weighted by molar-refractivity contribution is -0.254. The molecule has 0 spiro atoms. The Morgan fingerprint density at radius 2 is 1.89 bits per heavy atom. The molecule has 5 heteroatoms. The Labute approximate surface area is 164 Å². The summed E-state index contributed by atoms with van der Waals surface area (Å²) in [6, 6.07) is 14.3. The minimum absolute atomic E-state index is 0.126. The molecule has 0 N–H and O–H groups in total. The molecule has 0 bridgehead atoms. The zero-order chi connectivity index (χ0) is 20.1. The van der Waals surface area contributed by atoms with Crippen molar-refractivity contribution in [1.82, 2.24) is 4.98 Å². The second-order valence-corrected chi connectivity index (χ2v) is 6.85. The van der Waals surface area contributed by atoms with Gasteiger partial charge in [-0.1, -0.05) is 44.2 Å². The Morgan fingerprint density at radius 1 is 1.11 bits per heavy atom. The molecule has 0 radical (unpaired) electrons. The number of carboxylic acids is 1. The van der Waals surface area contributed by atoms with E-state index in [9.17, 15) is 9.90 Å². The molecule has 144 valence electrons. The zero-order valence-electron chi connectivity index (χ0n) is 16.1. The van der Waals surface area contributed by atoms with Crippen LogP contribution in [0.1, 0.15) is 35.5 Å². The van der Waals surface area contributed by atoms with Crippen molar-refractivity contribution in [3.05, 3.63) is 65.4 Å². The van der Waals surface area contributed by atoms with E-state index < -0.39 is 5.97 Å². The van der Waals surface area contributed by atoms with Gasteiger partial charge in [0.25, 0.3) is 0 Å². The number of carboxylic acid groups (broad SMARTS) is 1. The van der Waals surface area contributed by atoms with Crippen LogP contribution in [0.2, 0.25) is 0 Å². The van der Waals surface area contributed by atoms with Crippen molar-refractivity contribution in [2.24, 2.45) is 5.92 Å². The van der Waals surface area contributed by atoms with E-state index in [1.54, 1.807) is 31.4 Å². The van der Waals surface area contributed by atoms with Crippen molar-refractivity contribution in [3.63, 3.8) is 0 Å². The zero-order valence-corrected chi connectivity index (χ0v) is 16.1. The molecule has 0 amide bonds. The molecule has 5 nitrogen and oxygen atoms in total. The molecule has 0 saturated heterocycles. The highest BCUT2D eigenvalue weighted by Gasteiger charge is 2.07. The van der Waals surface area contributed by atoms with E-state index in [2.05, 4.69) is 18.8 Å². The van der Waals surface area contributed by atoms with E-state index in [1.807, 2.05) is 30.3 Å². The Bertz CT molecular complexity index is 1020. The van der Waals surface area contributed by atoms with Gasteiger partial charge in [0.15, 0.2) is 11.5 Å². The summed E-state index contributed by atoms with van der Waals surface area (Å²) in [4.78, 5) is 16.0. The molecule has 0 saturated carbocycles. The summed E-state index contributed by atoms with van der Waals surface area (Å²) in [6.45, 7) is 4.75. The lowest BCUT2D eigenvalue weighted by Crippen LogP contribution is -2.22. The monoisotopic (exact) mass is 376 g/mol. The van der Waals surface area contributed by atoms with Gasteiger partial charge >= 0.3 is 0 Å². The second kappa shape index (κ2) is 8.57. The number of carbonyl (C=O) groups is 1. The van der Waals surface area contributed by atoms with Crippen LogP contribution in [0.5, 0.6) is 11.5 Å². The van der Waals surface area contributed by atoms with Gasteiger partial charge in [0.2, 0.25) is 0 Å². The Morgan fingerprint density at radius 3 is 2.61 bits per heavy atom. The summed E-state index contributed by atoms with van der Waals surface area (Å²) in [6.07, 6.45) is 3.63. The number of fused-ring (bicyclic) bond motifs is 1. The van der Waals surface area contributed by atoms with Crippen LogP contribution in [0, 0.1) is 5.92 Å². The number of benzene rings is 2. The third-order valence-corrected chi connectivity index (χ3v) is 4.16. The standard InChI is InChI=1S/C23H23NO4/c1-15(2)14-28-22-12-16(9-11-21(22)27-3)8-10-17-13-19(23(25)26)18-6-4-5-7-20(18)24-17/h4-13,15H,14H2,1-3H3,(H,25,26)/p-1/b10-8+. The summed E-state index contributed by atoms with van der Waals surface area (Å²) < 4.78 is 11.2. The highest BCUT2D eigenvalue weighted by atomic mass is 16.5. The number of aromatic nitrogens is 1. The highest BCUT2D eigenvalue weighted by Crippen LogP contribution is 2.29. The first-order valence-electron chi connectivity index (χ1n) is 9.08. The van der Waals surface area contributed by atoms with Crippen LogP contribution < -0.4 is 14.6 Å². The first-order chi connectivity index (χ1) is 13.5.